The molecule has 0 unspecified atom stereocenters. The van der Waals surface area contributed by atoms with E-state index in [1.54, 1.807) is 12.1 Å². The van der Waals surface area contributed by atoms with Crippen LogP contribution < -0.4 is 4.90 Å². The van der Waals surface area contributed by atoms with Crippen LogP contribution in [-0.2, 0) is 10.0 Å². The first-order valence-electron chi connectivity index (χ1n) is 10.1. The molecule has 0 N–H and O–H groups in total. The van der Waals surface area contributed by atoms with Crippen molar-refractivity contribution in [1.29, 1.82) is 0 Å². The molecule has 1 heterocycles. The normalized spacial score (nSPS) is 15.0. The summed E-state index contributed by atoms with van der Waals surface area (Å²) in [5.41, 5.74) is 2.93. The molecule has 2 aromatic rings. The number of nitrogens with zero attached hydrogens (tertiary/aromatic N) is 3. The topological polar surface area (TPSA) is 60.9 Å². The second-order valence-electron chi connectivity index (χ2n) is 7.23. The van der Waals surface area contributed by atoms with Crippen LogP contribution in [0.15, 0.2) is 53.4 Å². The number of aryl methyl sites for hydroxylation is 1. The maximum absolute atomic E-state index is 12.9. The summed E-state index contributed by atoms with van der Waals surface area (Å²) < 4.78 is 26.6. The van der Waals surface area contributed by atoms with Crippen molar-refractivity contribution in [3.8, 4) is 0 Å². The number of sulfonamides is 1. The van der Waals surface area contributed by atoms with E-state index in [-0.39, 0.29) is 10.8 Å². The Morgan fingerprint density at radius 3 is 2.14 bits per heavy atom. The molecular formula is C22H29N3O3S. The SMILES string of the molecule is CCN(CC)S(=O)(=O)c1ccc(C(=O)N2CCN(c3cccc(C)c3)CC2)cc1. The van der Waals surface area contributed by atoms with Crippen LogP contribution in [0.5, 0.6) is 0 Å². The molecule has 7 heteroatoms. The second-order valence-corrected chi connectivity index (χ2v) is 9.17. The maximum Gasteiger partial charge on any atom is 0.253 e. The number of hydrogen-bond donors (Lipinski definition) is 0. The number of carbonyl (C=O) groups is 1. The van der Waals surface area contributed by atoms with Crippen molar-refractivity contribution in [2.75, 3.05) is 44.2 Å². The predicted octanol–water partition coefficient (Wildman–Crippen LogP) is 2.99. The fourth-order valence-corrected chi connectivity index (χ4v) is 5.12. The largest absolute Gasteiger partial charge is 0.368 e. The van der Waals surface area contributed by atoms with Crippen LogP contribution in [0.4, 0.5) is 5.69 Å². The van der Waals surface area contributed by atoms with Gasteiger partial charge in [-0.1, -0.05) is 26.0 Å². The van der Waals surface area contributed by atoms with Gasteiger partial charge in [-0.25, -0.2) is 8.42 Å². The first-order chi connectivity index (χ1) is 13.9. The molecule has 1 aliphatic heterocycles. The van der Waals surface area contributed by atoms with Crippen LogP contribution in [0.1, 0.15) is 29.8 Å². The number of carbonyl (C=O) groups excluding carboxylic acids is 1. The van der Waals surface area contributed by atoms with Crippen LogP contribution in [-0.4, -0.2) is 62.8 Å². The Kier molecular flexibility index (Phi) is 6.59. The lowest BCUT2D eigenvalue weighted by Gasteiger charge is -2.36. The number of benzene rings is 2. The van der Waals surface area contributed by atoms with Crippen molar-refractivity contribution in [3.05, 3.63) is 59.7 Å². The zero-order chi connectivity index (χ0) is 21.0. The smallest absolute Gasteiger partial charge is 0.253 e. The molecule has 0 aromatic heterocycles. The van der Waals surface area contributed by atoms with Gasteiger partial charge in [-0.3, -0.25) is 4.79 Å². The summed E-state index contributed by atoms with van der Waals surface area (Å²) in [6, 6.07) is 14.7. The van der Waals surface area contributed by atoms with E-state index >= 15 is 0 Å². The number of hydrogen-bond acceptors (Lipinski definition) is 4. The van der Waals surface area contributed by atoms with E-state index in [1.807, 2.05) is 18.7 Å². The number of rotatable bonds is 6. The van der Waals surface area contributed by atoms with Crippen molar-refractivity contribution in [2.45, 2.75) is 25.7 Å². The molecule has 1 amide bonds. The van der Waals surface area contributed by atoms with Gasteiger partial charge >= 0.3 is 0 Å². The summed E-state index contributed by atoms with van der Waals surface area (Å²) >= 11 is 0. The second kappa shape index (κ2) is 8.97. The molecule has 0 radical (unpaired) electrons. The van der Waals surface area contributed by atoms with Gasteiger partial charge in [0.2, 0.25) is 10.0 Å². The first-order valence-corrected chi connectivity index (χ1v) is 11.5. The maximum atomic E-state index is 12.9. The Morgan fingerprint density at radius 2 is 1.59 bits per heavy atom. The molecule has 1 fully saturated rings. The Hall–Kier alpha value is -2.38. The van der Waals surface area contributed by atoms with E-state index in [9.17, 15) is 13.2 Å². The summed E-state index contributed by atoms with van der Waals surface area (Å²) in [6.45, 7) is 9.40. The van der Waals surface area contributed by atoms with Gasteiger partial charge in [0.15, 0.2) is 0 Å². The van der Waals surface area contributed by atoms with E-state index in [0.29, 0.717) is 31.7 Å². The predicted molar refractivity (Wildman–Crippen MR) is 116 cm³/mol. The summed E-state index contributed by atoms with van der Waals surface area (Å²) in [5, 5.41) is 0. The van der Waals surface area contributed by atoms with Crippen LogP contribution >= 0.6 is 0 Å². The highest BCUT2D eigenvalue weighted by molar-refractivity contribution is 7.89. The van der Waals surface area contributed by atoms with E-state index in [1.165, 1.54) is 27.7 Å². The van der Waals surface area contributed by atoms with Crippen molar-refractivity contribution in [3.63, 3.8) is 0 Å². The standard InChI is InChI=1S/C22H29N3O3S/c1-4-25(5-2)29(27,28)21-11-9-19(10-12-21)22(26)24-15-13-23(14-16-24)20-8-6-7-18(3)17-20/h6-12,17H,4-5,13-16H2,1-3H3. The zero-order valence-corrected chi connectivity index (χ0v) is 18.2. The van der Waals surface area contributed by atoms with Crippen LogP contribution in [0.2, 0.25) is 0 Å². The van der Waals surface area contributed by atoms with Gasteiger partial charge in [-0.05, 0) is 48.9 Å². The van der Waals surface area contributed by atoms with Gasteiger partial charge in [0.25, 0.3) is 5.91 Å². The summed E-state index contributed by atoms with van der Waals surface area (Å²) in [7, 11) is -3.51. The van der Waals surface area contributed by atoms with Crippen LogP contribution in [0, 0.1) is 6.92 Å². The number of amides is 1. The molecule has 2 aromatic carbocycles. The van der Waals surface area contributed by atoms with Gasteiger partial charge in [0, 0.05) is 50.5 Å². The Balaban J connectivity index is 1.66. The lowest BCUT2D eigenvalue weighted by atomic mass is 10.1. The lowest BCUT2D eigenvalue weighted by Crippen LogP contribution is -2.48. The molecule has 6 nitrogen and oxygen atoms in total. The van der Waals surface area contributed by atoms with Gasteiger partial charge < -0.3 is 9.80 Å². The summed E-state index contributed by atoms with van der Waals surface area (Å²) in [5.74, 6) is -0.0549. The van der Waals surface area contributed by atoms with Gasteiger partial charge in [-0.2, -0.15) is 4.31 Å². The fourth-order valence-electron chi connectivity index (χ4n) is 3.66. The van der Waals surface area contributed by atoms with Crippen molar-refractivity contribution in [1.82, 2.24) is 9.21 Å². The van der Waals surface area contributed by atoms with Crippen LogP contribution in [0.3, 0.4) is 0 Å². The van der Waals surface area contributed by atoms with E-state index < -0.39 is 10.0 Å². The van der Waals surface area contributed by atoms with Gasteiger partial charge in [0.1, 0.15) is 0 Å². The Morgan fingerprint density at radius 1 is 0.966 bits per heavy atom. The molecule has 1 saturated heterocycles. The van der Waals surface area contributed by atoms with Crippen molar-refractivity contribution in [2.24, 2.45) is 0 Å². The summed E-state index contributed by atoms with van der Waals surface area (Å²) in [4.78, 5) is 17.2. The first kappa shape index (κ1) is 21.3. The van der Waals surface area contributed by atoms with E-state index in [4.69, 9.17) is 0 Å². The average Bonchev–Trinajstić information content (AvgIpc) is 2.74. The third-order valence-corrected chi connectivity index (χ3v) is 7.44. The minimum absolute atomic E-state index is 0.0549. The Bertz CT molecular complexity index is 946. The minimum Gasteiger partial charge on any atom is -0.368 e. The van der Waals surface area contributed by atoms with Crippen molar-refractivity contribution < 1.29 is 13.2 Å². The van der Waals surface area contributed by atoms with Gasteiger partial charge in [0.05, 0.1) is 4.90 Å². The lowest BCUT2D eigenvalue weighted by molar-refractivity contribution is 0.0746. The van der Waals surface area contributed by atoms with E-state index in [0.717, 1.165) is 13.1 Å². The zero-order valence-electron chi connectivity index (χ0n) is 17.3. The molecular weight excluding hydrogens is 386 g/mol. The average molecular weight is 416 g/mol. The third-order valence-electron chi connectivity index (χ3n) is 5.38. The molecule has 0 saturated carbocycles. The Labute approximate surface area is 173 Å². The third kappa shape index (κ3) is 4.62. The highest BCUT2D eigenvalue weighted by atomic mass is 32.2. The highest BCUT2D eigenvalue weighted by Crippen LogP contribution is 2.20. The molecule has 0 spiro atoms. The van der Waals surface area contributed by atoms with Gasteiger partial charge in [-0.15, -0.1) is 0 Å². The number of anilines is 1. The summed E-state index contributed by atoms with van der Waals surface area (Å²) in [6.07, 6.45) is 0. The molecule has 29 heavy (non-hydrogen) atoms. The molecule has 1 aliphatic rings. The molecule has 3 rings (SSSR count). The monoisotopic (exact) mass is 415 g/mol. The van der Waals surface area contributed by atoms with Crippen LogP contribution in [0.25, 0.3) is 0 Å². The van der Waals surface area contributed by atoms with E-state index in [2.05, 4.69) is 36.1 Å². The fraction of sp³-hybridized carbons (Fsp3) is 0.409. The number of piperazine rings is 1. The highest BCUT2D eigenvalue weighted by Gasteiger charge is 2.24. The molecule has 0 aliphatic carbocycles. The minimum atomic E-state index is -3.51. The molecule has 0 atom stereocenters. The molecule has 156 valence electrons. The molecule has 0 bridgehead atoms. The van der Waals surface area contributed by atoms with Crippen molar-refractivity contribution >= 4 is 21.6 Å². The quantitative estimate of drug-likeness (QED) is 0.728.